The van der Waals surface area contributed by atoms with Gasteiger partial charge in [-0.1, -0.05) is 29.8 Å². The molecule has 0 spiro atoms. The molecule has 1 saturated heterocycles. The monoisotopic (exact) mass is 450 g/mol. The van der Waals surface area contributed by atoms with Crippen LogP contribution in [0.25, 0.3) is 16.7 Å². The number of fused-ring (bicyclic) bond motifs is 1. The summed E-state index contributed by atoms with van der Waals surface area (Å²) in [6.07, 6.45) is 1.64. The Bertz CT molecular complexity index is 1290. The molecule has 0 aliphatic carbocycles. The normalized spacial score (nSPS) is 14.0. The van der Waals surface area contributed by atoms with Crippen LogP contribution in [0.15, 0.2) is 66.9 Å². The lowest BCUT2D eigenvalue weighted by Gasteiger charge is -2.27. The molecular weight excluding hydrogens is 431 g/mol. The first-order valence-electron chi connectivity index (χ1n) is 10.3. The number of carbonyl (C=O) groups is 1. The number of pyridine rings is 1. The van der Waals surface area contributed by atoms with Crippen molar-refractivity contribution in [1.29, 1.82) is 0 Å². The van der Waals surface area contributed by atoms with Crippen molar-refractivity contribution < 1.29 is 13.9 Å². The quantitative estimate of drug-likeness (QED) is 0.491. The van der Waals surface area contributed by atoms with Crippen LogP contribution in [0.1, 0.15) is 10.4 Å². The van der Waals surface area contributed by atoms with E-state index in [4.69, 9.17) is 16.3 Å². The Balaban J connectivity index is 1.76. The Labute approximate surface area is 189 Å². The Morgan fingerprint density at radius 2 is 1.84 bits per heavy atom. The van der Waals surface area contributed by atoms with E-state index in [1.54, 1.807) is 17.2 Å². The summed E-state index contributed by atoms with van der Waals surface area (Å²) in [5.74, 6) is -0.297. The second-order valence-corrected chi connectivity index (χ2v) is 7.85. The fourth-order valence-corrected chi connectivity index (χ4v) is 4.06. The smallest absolute Gasteiger partial charge is 0.261 e. The highest BCUT2D eigenvalue weighted by molar-refractivity contribution is 6.32. The fourth-order valence-electron chi connectivity index (χ4n) is 3.90. The van der Waals surface area contributed by atoms with Gasteiger partial charge in [-0.25, -0.2) is 4.39 Å². The number of hydrogen-bond donors (Lipinski definition) is 1. The number of nitrogens with one attached hydrogen (secondary N) is 1. The third-order valence-electron chi connectivity index (χ3n) is 5.41. The first-order valence-corrected chi connectivity index (χ1v) is 10.7. The van der Waals surface area contributed by atoms with Crippen LogP contribution < -0.4 is 10.1 Å². The number of nitrogens with zero attached hydrogens (tertiary/aromatic N) is 3. The average molecular weight is 451 g/mol. The van der Waals surface area contributed by atoms with Gasteiger partial charge < -0.3 is 15.0 Å². The third-order valence-corrected chi connectivity index (χ3v) is 5.73. The van der Waals surface area contributed by atoms with Crippen molar-refractivity contribution in [3.8, 4) is 17.3 Å². The van der Waals surface area contributed by atoms with Gasteiger partial charge >= 0.3 is 0 Å². The summed E-state index contributed by atoms with van der Waals surface area (Å²) in [6.45, 7) is 2.57. The molecule has 4 aromatic rings. The molecule has 2 aromatic heterocycles. The summed E-state index contributed by atoms with van der Waals surface area (Å²) in [5.41, 5.74) is 2.33. The summed E-state index contributed by atoms with van der Waals surface area (Å²) in [7, 11) is 0. The highest BCUT2D eigenvalue weighted by Crippen LogP contribution is 2.39. The van der Waals surface area contributed by atoms with E-state index < -0.39 is 5.82 Å². The molecule has 1 aliphatic heterocycles. The lowest BCUT2D eigenvalue weighted by atomic mass is 10.2. The van der Waals surface area contributed by atoms with Crippen molar-refractivity contribution in [2.45, 2.75) is 0 Å². The van der Waals surface area contributed by atoms with Crippen molar-refractivity contribution in [1.82, 2.24) is 19.8 Å². The molecule has 1 N–H and O–H groups in total. The Kier molecular flexibility index (Phi) is 5.51. The minimum Gasteiger partial charge on any atom is -0.438 e. The van der Waals surface area contributed by atoms with Crippen LogP contribution in [0.4, 0.5) is 4.39 Å². The van der Waals surface area contributed by atoms with Crippen molar-refractivity contribution in [2.24, 2.45) is 0 Å². The Morgan fingerprint density at radius 3 is 2.62 bits per heavy atom. The maximum atomic E-state index is 14.0. The topological polar surface area (TPSA) is 59.4 Å². The Hall–Kier alpha value is -3.42. The van der Waals surface area contributed by atoms with E-state index in [9.17, 15) is 9.18 Å². The SMILES string of the molecule is O=C(c1c(Oc2cc(F)ccc2Cl)n(-c2ccccc2)c2cccnc12)N1CCNCC1. The lowest BCUT2D eigenvalue weighted by Crippen LogP contribution is -2.46. The van der Waals surface area contributed by atoms with Gasteiger partial charge in [-0.2, -0.15) is 0 Å². The Morgan fingerprint density at radius 1 is 1.06 bits per heavy atom. The maximum absolute atomic E-state index is 14.0. The molecule has 1 fully saturated rings. The lowest BCUT2D eigenvalue weighted by molar-refractivity contribution is 0.0734. The molecule has 0 atom stereocenters. The van der Waals surface area contributed by atoms with E-state index in [1.807, 2.05) is 41.0 Å². The fraction of sp³-hybridized carbons (Fsp3) is 0.167. The summed E-state index contributed by atoms with van der Waals surface area (Å²) in [6, 6.07) is 17.1. The van der Waals surface area contributed by atoms with E-state index in [2.05, 4.69) is 10.3 Å². The van der Waals surface area contributed by atoms with E-state index in [0.717, 1.165) is 5.69 Å². The molecule has 32 heavy (non-hydrogen) atoms. The molecule has 162 valence electrons. The number of hydrogen-bond acceptors (Lipinski definition) is 4. The molecule has 6 nitrogen and oxygen atoms in total. The van der Waals surface area contributed by atoms with Gasteiger partial charge in [-0.3, -0.25) is 14.3 Å². The van der Waals surface area contributed by atoms with E-state index in [1.165, 1.54) is 18.2 Å². The highest BCUT2D eigenvalue weighted by atomic mass is 35.5. The predicted octanol–water partition coefficient (Wildman–Crippen LogP) is 4.66. The molecule has 1 aliphatic rings. The number of amides is 1. The van der Waals surface area contributed by atoms with E-state index in [-0.39, 0.29) is 22.6 Å². The molecule has 5 rings (SSSR count). The van der Waals surface area contributed by atoms with Crippen LogP contribution in [0.2, 0.25) is 5.02 Å². The zero-order chi connectivity index (χ0) is 22.1. The average Bonchev–Trinajstić information content (AvgIpc) is 3.15. The van der Waals surface area contributed by atoms with Crippen LogP contribution in [-0.4, -0.2) is 46.5 Å². The van der Waals surface area contributed by atoms with Crippen LogP contribution in [-0.2, 0) is 0 Å². The molecule has 2 aromatic carbocycles. The summed E-state index contributed by atoms with van der Waals surface area (Å²) in [5, 5.41) is 3.49. The molecule has 3 heterocycles. The van der Waals surface area contributed by atoms with Crippen molar-refractivity contribution in [3.05, 3.63) is 83.3 Å². The molecule has 0 saturated carbocycles. The summed E-state index contributed by atoms with van der Waals surface area (Å²) < 4.78 is 22.0. The predicted molar refractivity (Wildman–Crippen MR) is 121 cm³/mol. The van der Waals surface area contributed by atoms with Crippen LogP contribution in [0.3, 0.4) is 0 Å². The van der Waals surface area contributed by atoms with E-state index >= 15 is 0 Å². The number of benzene rings is 2. The number of aromatic nitrogens is 2. The van der Waals surface area contributed by atoms with Crippen molar-refractivity contribution in [2.75, 3.05) is 26.2 Å². The van der Waals surface area contributed by atoms with E-state index in [0.29, 0.717) is 42.8 Å². The third kappa shape index (κ3) is 3.70. The van der Waals surface area contributed by atoms with Gasteiger partial charge in [0.15, 0.2) is 5.75 Å². The number of para-hydroxylation sites is 1. The van der Waals surface area contributed by atoms with Gasteiger partial charge in [0.1, 0.15) is 16.9 Å². The van der Waals surface area contributed by atoms with Gasteiger partial charge in [0.05, 0.1) is 10.5 Å². The number of rotatable bonds is 4. The molecule has 0 unspecified atom stereocenters. The van der Waals surface area contributed by atoms with Gasteiger partial charge in [0.2, 0.25) is 5.88 Å². The second kappa shape index (κ2) is 8.61. The number of piperazine rings is 1. The van der Waals surface area contributed by atoms with Crippen molar-refractivity contribution >= 4 is 28.5 Å². The molecule has 0 bridgehead atoms. The van der Waals surface area contributed by atoms with Gasteiger partial charge in [-0.05, 0) is 36.4 Å². The maximum Gasteiger partial charge on any atom is 0.261 e. The van der Waals surface area contributed by atoms with Crippen LogP contribution in [0.5, 0.6) is 11.6 Å². The van der Waals surface area contributed by atoms with Gasteiger partial charge in [0, 0.05) is 44.1 Å². The minimum absolute atomic E-state index is 0.126. The number of carbonyl (C=O) groups excluding carboxylic acids is 1. The summed E-state index contributed by atoms with van der Waals surface area (Å²) in [4.78, 5) is 20.0. The summed E-state index contributed by atoms with van der Waals surface area (Å²) >= 11 is 6.30. The number of halogens is 2. The molecular formula is C24H20ClFN4O2. The van der Waals surface area contributed by atoms with Crippen molar-refractivity contribution in [3.63, 3.8) is 0 Å². The van der Waals surface area contributed by atoms with Crippen LogP contribution in [0, 0.1) is 5.82 Å². The molecule has 0 radical (unpaired) electrons. The first kappa shape index (κ1) is 20.5. The first-order chi connectivity index (χ1) is 15.6. The zero-order valence-electron chi connectivity index (χ0n) is 17.1. The number of ether oxygens (including phenoxy) is 1. The standard InChI is InChI=1S/C24H20ClFN4O2/c25-18-9-8-16(26)15-20(18)32-24-21(23(31)29-13-11-27-12-14-29)22-19(7-4-10-28-22)30(24)17-5-2-1-3-6-17/h1-10,15,27H,11-14H2. The van der Waals surface area contributed by atoms with Crippen LogP contribution >= 0.6 is 11.6 Å². The minimum atomic E-state index is -0.486. The molecule has 1 amide bonds. The highest BCUT2D eigenvalue weighted by Gasteiger charge is 2.30. The molecule has 8 heteroatoms. The largest absolute Gasteiger partial charge is 0.438 e. The van der Waals surface area contributed by atoms with Gasteiger partial charge in [-0.15, -0.1) is 0 Å². The second-order valence-electron chi connectivity index (χ2n) is 7.44. The van der Waals surface area contributed by atoms with Gasteiger partial charge in [0.25, 0.3) is 5.91 Å². The zero-order valence-corrected chi connectivity index (χ0v) is 17.8.